The maximum atomic E-state index is 5.94. The van der Waals surface area contributed by atoms with Crippen molar-refractivity contribution >= 4 is 0 Å². The fourth-order valence-electron chi connectivity index (χ4n) is 5.15. The van der Waals surface area contributed by atoms with Gasteiger partial charge in [-0.1, -0.05) is 27.2 Å². The number of fused-ring (bicyclic) bond motifs is 1. The van der Waals surface area contributed by atoms with Gasteiger partial charge in [-0.15, -0.1) is 0 Å². The highest BCUT2D eigenvalue weighted by Crippen LogP contribution is 2.61. The molecule has 3 aliphatic rings. The van der Waals surface area contributed by atoms with E-state index >= 15 is 0 Å². The van der Waals surface area contributed by atoms with Crippen molar-refractivity contribution in [3.05, 3.63) is 0 Å². The average Bonchev–Trinajstić information content (AvgIpc) is 2.13. The van der Waals surface area contributed by atoms with Crippen molar-refractivity contribution < 1.29 is 4.74 Å². The molecule has 16 heavy (non-hydrogen) atoms. The lowest BCUT2D eigenvalue weighted by Gasteiger charge is -2.60. The molecule has 2 saturated carbocycles. The number of hydrogen-bond donors (Lipinski definition) is 0. The Balaban J connectivity index is 1.85. The molecule has 0 aromatic carbocycles. The van der Waals surface area contributed by atoms with Crippen LogP contribution in [0.1, 0.15) is 65.7 Å². The van der Waals surface area contributed by atoms with Crippen LogP contribution in [0.5, 0.6) is 0 Å². The standard InChI is InChI=1S/C15H26O/c1-13(2)6-4-7-14(3)11-15(9-10-16-15)8-5-12(13)14/h12H,4-11H2,1-3H3/t12-,14+,15-/m1/s1. The first-order valence-corrected chi connectivity index (χ1v) is 7.10. The van der Waals surface area contributed by atoms with Crippen molar-refractivity contribution in [3.8, 4) is 0 Å². The summed E-state index contributed by atoms with van der Waals surface area (Å²) in [5.41, 5.74) is 1.46. The summed E-state index contributed by atoms with van der Waals surface area (Å²) in [5, 5.41) is 0. The van der Waals surface area contributed by atoms with Crippen LogP contribution in [-0.2, 0) is 4.74 Å². The lowest BCUT2D eigenvalue weighted by atomic mass is 9.49. The molecule has 1 heteroatoms. The van der Waals surface area contributed by atoms with Crippen LogP contribution < -0.4 is 0 Å². The summed E-state index contributed by atoms with van der Waals surface area (Å²) >= 11 is 0. The second-order valence-electron chi connectivity index (χ2n) is 7.55. The van der Waals surface area contributed by atoms with Crippen LogP contribution >= 0.6 is 0 Å². The summed E-state index contributed by atoms with van der Waals surface area (Å²) in [7, 11) is 0. The van der Waals surface area contributed by atoms with E-state index in [-0.39, 0.29) is 0 Å². The second-order valence-corrected chi connectivity index (χ2v) is 7.55. The van der Waals surface area contributed by atoms with Gasteiger partial charge in [0.25, 0.3) is 0 Å². The molecule has 1 saturated heterocycles. The molecule has 2 aliphatic carbocycles. The predicted octanol–water partition coefficient (Wildman–Crippen LogP) is 4.16. The minimum atomic E-state index is 0.318. The molecular formula is C15H26O. The van der Waals surface area contributed by atoms with Gasteiger partial charge in [0.2, 0.25) is 0 Å². The zero-order valence-corrected chi connectivity index (χ0v) is 11.1. The van der Waals surface area contributed by atoms with Gasteiger partial charge in [-0.05, 0) is 55.3 Å². The quantitative estimate of drug-likeness (QED) is 0.598. The Kier molecular flexibility index (Phi) is 2.25. The summed E-state index contributed by atoms with van der Waals surface area (Å²) in [6, 6.07) is 0. The largest absolute Gasteiger partial charge is 0.375 e. The van der Waals surface area contributed by atoms with E-state index in [0.29, 0.717) is 16.4 Å². The van der Waals surface area contributed by atoms with Gasteiger partial charge in [-0.2, -0.15) is 0 Å². The Hall–Kier alpha value is -0.0400. The molecule has 3 atom stereocenters. The van der Waals surface area contributed by atoms with E-state index in [1.807, 2.05) is 0 Å². The van der Waals surface area contributed by atoms with E-state index in [0.717, 1.165) is 12.5 Å². The van der Waals surface area contributed by atoms with Gasteiger partial charge in [0, 0.05) is 0 Å². The Labute approximate surface area is 99.9 Å². The molecule has 0 unspecified atom stereocenters. The minimum Gasteiger partial charge on any atom is -0.375 e. The van der Waals surface area contributed by atoms with E-state index in [2.05, 4.69) is 20.8 Å². The molecule has 0 bridgehead atoms. The monoisotopic (exact) mass is 222 g/mol. The van der Waals surface area contributed by atoms with Crippen LogP contribution in [0.4, 0.5) is 0 Å². The third-order valence-electron chi connectivity index (χ3n) is 5.93. The lowest BCUT2D eigenvalue weighted by molar-refractivity contribution is -0.213. The fourth-order valence-corrected chi connectivity index (χ4v) is 5.15. The Morgan fingerprint density at radius 1 is 1.00 bits per heavy atom. The van der Waals surface area contributed by atoms with Gasteiger partial charge in [0.1, 0.15) is 0 Å². The van der Waals surface area contributed by atoms with E-state index in [4.69, 9.17) is 4.74 Å². The van der Waals surface area contributed by atoms with Crippen LogP contribution in [0.3, 0.4) is 0 Å². The molecule has 92 valence electrons. The number of ether oxygens (including phenoxy) is 1. The molecule has 1 heterocycles. The predicted molar refractivity (Wildman–Crippen MR) is 66.4 cm³/mol. The van der Waals surface area contributed by atoms with Crippen LogP contribution in [-0.4, -0.2) is 12.2 Å². The maximum absolute atomic E-state index is 5.94. The smallest absolute Gasteiger partial charge is 0.0709 e. The van der Waals surface area contributed by atoms with Crippen LogP contribution in [0, 0.1) is 16.7 Å². The van der Waals surface area contributed by atoms with Gasteiger partial charge in [-0.3, -0.25) is 0 Å². The summed E-state index contributed by atoms with van der Waals surface area (Å²) in [4.78, 5) is 0. The molecule has 0 aromatic heterocycles. The molecule has 0 aromatic rings. The van der Waals surface area contributed by atoms with Gasteiger partial charge in [0.05, 0.1) is 12.2 Å². The molecule has 1 aliphatic heterocycles. The summed E-state index contributed by atoms with van der Waals surface area (Å²) in [5.74, 6) is 0.934. The number of hydrogen-bond acceptors (Lipinski definition) is 1. The van der Waals surface area contributed by atoms with Crippen molar-refractivity contribution in [2.24, 2.45) is 16.7 Å². The highest BCUT2D eigenvalue weighted by molar-refractivity contribution is 5.06. The molecule has 0 N–H and O–H groups in total. The highest BCUT2D eigenvalue weighted by atomic mass is 16.5. The van der Waals surface area contributed by atoms with Crippen molar-refractivity contribution in [1.82, 2.24) is 0 Å². The van der Waals surface area contributed by atoms with Gasteiger partial charge < -0.3 is 4.74 Å². The van der Waals surface area contributed by atoms with Crippen molar-refractivity contribution in [1.29, 1.82) is 0 Å². The Morgan fingerprint density at radius 3 is 2.38 bits per heavy atom. The first kappa shape index (κ1) is 11.1. The Bertz CT molecular complexity index is 290. The Morgan fingerprint density at radius 2 is 1.75 bits per heavy atom. The summed E-state index contributed by atoms with van der Waals surface area (Å²) in [6.45, 7) is 8.55. The van der Waals surface area contributed by atoms with Crippen molar-refractivity contribution in [3.63, 3.8) is 0 Å². The number of rotatable bonds is 0. The van der Waals surface area contributed by atoms with Gasteiger partial charge in [-0.25, -0.2) is 0 Å². The zero-order chi connectivity index (χ0) is 11.4. The average molecular weight is 222 g/mol. The van der Waals surface area contributed by atoms with Crippen molar-refractivity contribution in [2.75, 3.05) is 6.61 Å². The van der Waals surface area contributed by atoms with Gasteiger partial charge in [0.15, 0.2) is 0 Å². The SMILES string of the molecule is CC1(C)CCC[C@@]2(C)C[C@]3(CCO3)CC[C@H]12. The molecule has 1 spiro atoms. The maximum Gasteiger partial charge on any atom is 0.0709 e. The van der Waals surface area contributed by atoms with E-state index in [9.17, 15) is 0 Å². The van der Waals surface area contributed by atoms with Gasteiger partial charge >= 0.3 is 0 Å². The van der Waals surface area contributed by atoms with Crippen LogP contribution in [0.25, 0.3) is 0 Å². The third-order valence-corrected chi connectivity index (χ3v) is 5.93. The lowest BCUT2D eigenvalue weighted by Crippen LogP contribution is -2.56. The summed E-state index contributed by atoms with van der Waals surface area (Å²) in [6.07, 6.45) is 9.70. The normalized spacial score (nSPS) is 50.8. The summed E-state index contributed by atoms with van der Waals surface area (Å²) < 4.78 is 5.94. The van der Waals surface area contributed by atoms with E-state index in [1.54, 1.807) is 0 Å². The molecule has 0 amide bonds. The first-order chi connectivity index (χ1) is 7.46. The van der Waals surface area contributed by atoms with Crippen LogP contribution in [0.2, 0.25) is 0 Å². The molecule has 3 rings (SSSR count). The minimum absolute atomic E-state index is 0.318. The molecule has 0 radical (unpaired) electrons. The fraction of sp³-hybridized carbons (Fsp3) is 1.00. The molecule has 3 fully saturated rings. The molecular weight excluding hydrogens is 196 g/mol. The third kappa shape index (κ3) is 1.47. The van der Waals surface area contributed by atoms with E-state index < -0.39 is 0 Å². The zero-order valence-electron chi connectivity index (χ0n) is 11.1. The van der Waals surface area contributed by atoms with E-state index in [1.165, 1.54) is 44.9 Å². The van der Waals surface area contributed by atoms with Crippen LogP contribution in [0.15, 0.2) is 0 Å². The first-order valence-electron chi connectivity index (χ1n) is 7.10. The second kappa shape index (κ2) is 3.25. The topological polar surface area (TPSA) is 9.23 Å². The highest BCUT2D eigenvalue weighted by Gasteiger charge is 2.55. The van der Waals surface area contributed by atoms with Crippen molar-refractivity contribution in [2.45, 2.75) is 71.3 Å². The molecule has 1 nitrogen and oxygen atoms in total.